The molecule has 1 N–H and O–H groups in total. The molecule has 202 valence electrons. The fourth-order valence-electron chi connectivity index (χ4n) is 5.83. The van der Waals surface area contributed by atoms with Crippen molar-refractivity contribution in [3.05, 3.63) is 58.9 Å². The van der Waals surface area contributed by atoms with Gasteiger partial charge in [-0.2, -0.15) is 0 Å². The van der Waals surface area contributed by atoms with Crippen LogP contribution in [0.2, 0.25) is 0 Å². The number of carbonyl (C=O) groups excluding carboxylic acids is 1. The molecule has 1 amide bonds. The van der Waals surface area contributed by atoms with E-state index in [2.05, 4.69) is 42.0 Å². The van der Waals surface area contributed by atoms with E-state index in [9.17, 15) is 13.2 Å². The highest BCUT2D eigenvalue weighted by Gasteiger charge is 2.35. The van der Waals surface area contributed by atoms with Gasteiger partial charge in [0.05, 0.1) is 29.0 Å². The second-order valence-corrected chi connectivity index (χ2v) is 13.0. The molecule has 1 aliphatic heterocycles. The van der Waals surface area contributed by atoms with Crippen LogP contribution in [0.1, 0.15) is 86.6 Å². The summed E-state index contributed by atoms with van der Waals surface area (Å²) in [5.74, 6) is 1.07. The van der Waals surface area contributed by atoms with E-state index in [0.717, 1.165) is 32.5 Å². The second-order valence-electron chi connectivity index (χ2n) is 10.7. The van der Waals surface area contributed by atoms with E-state index < -0.39 is 9.84 Å². The summed E-state index contributed by atoms with van der Waals surface area (Å²) in [6, 6.07) is 9.66. The number of rotatable bonds is 10. The molecule has 0 unspecified atom stereocenters. The summed E-state index contributed by atoms with van der Waals surface area (Å²) in [7, 11) is -3.28. The van der Waals surface area contributed by atoms with Crippen molar-refractivity contribution in [2.75, 3.05) is 18.9 Å². The third kappa shape index (κ3) is 6.59. The number of carbonyl (C=O) groups is 1. The number of aromatic nitrogens is 1. The van der Waals surface area contributed by atoms with E-state index >= 15 is 0 Å². The topological polar surface area (TPSA) is 88.6 Å². The largest absolute Gasteiger partial charge is 0.379 e. The van der Waals surface area contributed by atoms with E-state index in [4.69, 9.17) is 4.74 Å². The number of sulfone groups is 1. The van der Waals surface area contributed by atoms with Crippen molar-refractivity contribution in [1.29, 1.82) is 0 Å². The van der Waals surface area contributed by atoms with Gasteiger partial charge in [0.2, 0.25) is 0 Å². The SMILES string of the molecule is CCOC1CCC(CN2Cc3cc(C(=O)NCc4ccc(S(=O)(=O)CC)cn4)ccc3[C@H]2C(C)C)CC1. The molecule has 4 rings (SSSR count). The third-order valence-electron chi connectivity index (χ3n) is 7.78. The fraction of sp³-hybridized carbons (Fsp3) is 0.586. The van der Waals surface area contributed by atoms with Crippen molar-refractivity contribution in [2.45, 2.75) is 83.5 Å². The molecule has 2 aromatic rings. The average Bonchev–Trinajstić information content (AvgIpc) is 3.26. The highest BCUT2D eigenvalue weighted by Crippen LogP contribution is 2.41. The lowest BCUT2D eigenvalue weighted by atomic mass is 9.86. The van der Waals surface area contributed by atoms with E-state index in [1.54, 1.807) is 19.1 Å². The molecule has 0 radical (unpaired) electrons. The van der Waals surface area contributed by atoms with Crippen molar-refractivity contribution >= 4 is 15.7 Å². The maximum absolute atomic E-state index is 12.9. The Balaban J connectivity index is 1.38. The van der Waals surface area contributed by atoms with Crippen molar-refractivity contribution in [3.63, 3.8) is 0 Å². The molecule has 0 bridgehead atoms. The number of amides is 1. The van der Waals surface area contributed by atoms with Gasteiger partial charge in [0.25, 0.3) is 5.91 Å². The maximum Gasteiger partial charge on any atom is 0.251 e. The molecule has 1 aliphatic carbocycles. The van der Waals surface area contributed by atoms with Gasteiger partial charge in [0, 0.05) is 37.5 Å². The molecule has 37 heavy (non-hydrogen) atoms. The lowest BCUT2D eigenvalue weighted by molar-refractivity contribution is 0.0175. The van der Waals surface area contributed by atoms with Crippen molar-refractivity contribution in [2.24, 2.45) is 11.8 Å². The molecule has 1 aromatic heterocycles. The molecule has 0 saturated heterocycles. The zero-order valence-corrected chi connectivity index (χ0v) is 23.4. The van der Waals surface area contributed by atoms with E-state index in [-0.39, 0.29) is 23.1 Å². The van der Waals surface area contributed by atoms with Gasteiger partial charge in [0.1, 0.15) is 0 Å². The van der Waals surface area contributed by atoms with Crippen LogP contribution in [0, 0.1) is 11.8 Å². The summed E-state index contributed by atoms with van der Waals surface area (Å²) < 4.78 is 29.8. The molecule has 1 atom stereocenters. The molecule has 1 saturated carbocycles. The summed E-state index contributed by atoms with van der Waals surface area (Å²) >= 11 is 0. The second kappa shape index (κ2) is 12.0. The Morgan fingerprint density at radius 1 is 1.14 bits per heavy atom. The molecule has 0 spiro atoms. The molecule has 2 heterocycles. The number of hydrogen-bond acceptors (Lipinski definition) is 6. The number of nitrogens with zero attached hydrogens (tertiary/aromatic N) is 2. The molecular formula is C29H41N3O4S. The Kier molecular flexibility index (Phi) is 9.03. The van der Waals surface area contributed by atoms with Gasteiger partial charge in [-0.3, -0.25) is 14.7 Å². The van der Waals surface area contributed by atoms with Crippen LogP contribution in [0.5, 0.6) is 0 Å². The first kappa shape index (κ1) is 27.7. The van der Waals surface area contributed by atoms with Crippen LogP contribution >= 0.6 is 0 Å². The first-order chi connectivity index (χ1) is 17.7. The molecule has 1 fully saturated rings. The quantitative estimate of drug-likeness (QED) is 0.472. The lowest BCUT2D eigenvalue weighted by Gasteiger charge is -2.35. The van der Waals surface area contributed by atoms with E-state index in [1.165, 1.54) is 30.2 Å². The zero-order chi connectivity index (χ0) is 26.6. The minimum atomic E-state index is -3.28. The van der Waals surface area contributed by atoms with Crippen LogP contribution in [-0.2, 0) is 27.7 Å². The van der Waals surface area contributed by atoms with E-state index in [0.29, 0.717) is 35.2 Å². The minimum Gasteiger partial charge on any atom is -0.379 e. The molecule has 7 nitrogen and oxygen atoms in total. The Bertz CT molecular complexity index is 1170. The molecule has 2 aliphatic rings. The number of benzene rings is 1. The Hall–Kier alpha value is -2.29. The van der Waals surface area contributed by atoms with Gasteiger partial charge in [-0.05, 0) is 79.8 Å². The molecular weight excluding hydrogens is 486 g/mol. The smallest absolute Gasteiger partial charge is 0.251 e. The van der Waals surface area contributed by atoms with Crippen LogP contribution in [-0.4, -0.2) is 49.2 Å². The monoisotopic (exact) mass is 527 g/mol. The van der Waals surface area contributed by atoms with Gasteiger partial charge >= 0.3 is 0 Å². The summed E-state index contributed by atoms with van der Waals surface area (Å²) in [6.07, 6.45) is 6.53. The van der Waals surface area contributed by atoms with Gasteiger partial charge in [-0.15, -0.1) is 0 Å². The van der Waals surface area contributed by atoms with Crippen molar-refractivity contribution in [3.8, 4) is 0 Å². The molecule has 1 aromatic carbocycles. The standard InChI is InChI=1S/C29H41N3O4S/c1-5-36-25-11-7-21(8-12-25)18-32-19-23-15-22(9-14-27(23)28(32)20(3)4)29(33)31-16-24-10-13-26(17-30-24)37(34,35)6-2/h9-10,13-15,17,20-21,25,28H,5-8,11-12,16,18-19H2,1-4H3,(H,31,33)/t21?,25?,28-/m1/s1. The fourth-order valence-corrected chi connectivity index (χ4v) is 6.65. The first-order valence-electron chi connectivity index (χ1n) is 13.7. The lowest BCUT2D eigenvalue weighted by Crippen LogP contribution is -2.33. The van der Waals surface area contributed by atoms with Gasteiger partial charge in [-0.1, -0.05) is 26.8 Å². The summed E-state index contributed by atoms with van der Waals surface area (Å²) in [5.41, 5.74) is 3.84. The number of fused-ring (bicyclic) bond motifs is 1. The number of nitrogens with one attached hydrogen (secondary N) is 1. The van der Waals surface area contributed by atoms with Gasteiger partial charge < -0.3 is 10.1 Å². The Morgan fingerprint density at radius 3 is 2.51 bits per heavy atom. The highest BCUT2D eigenvalue weighted by atomic mass is 32.2. The molecule has 8 heteroatoms. The zero-order valence-electron chi connectivity index (χ0n) is 22.6. The average molecular weight is 528 g/mol. The third-order valence-corrected chi connectivity index (χ3v) is 9.50. The van der Waals surface area contributed by atoms with Crippen molar-refractivity contribution < 1.29 is 17.9 Å². The van der Waals surface area contributed by atoms with Crippen LogP contribution in [0.3, 0.4) is 0 Å². The van der Waals surface area contributed by atoms with Crippen LogP contribution in [0.4, 0.5) is 0 Å². The normalized spacial score (nSPS) is 22.2. The van der Waals surface area contributed by atoms with E-state index in [1.807, 2.05) is 12.1 Å². The number of ether oxygens (including phenoxy) is 1. The summed E-state index contributed by atoms with van der Waals surface area (Å²) in [5, 5.41) is 2.93. The highest BCUT2D eigenvalue weighted by molar-refractivity contribution is 7.91. The maximum atomic E-state index is 12.9. The predicted molar refractivity (Wildman–Crippen MR) is 145 cm³/mol. The van der Waals surface area contributed by atoms with Gasteiger partial charge in [0.15, 0.2) is 9.84 Å². The van der Waals surface area contributed by atoms with Crippen LogP contribution in [0.25, 0.3) is 0 Å². The van der Waals surface area contributed by atoms with Crippen LogP contribution < -0.4 is 5.32 Å². The van der Waals surface area contributed by atoms with Crippen molar-refractivity contribution in [1.82, 2.24) is 15.2 Å². The summed E-state index contributed by atoms with van der Waals surface area (Å²) in [6.45, 7) is 11.3. The minimum absolute atomic E-state index is 0.0349. The van der Waals surface area contributed by atoms with Gasteiger partial charge in [-0.25, -0.2) is 8.42 Å². The number of pyridine rings is 1. The Labute approximate surface area is 221 Å². The van der Waals surface area contributed by atoms with Crippen LogP contribution in [0.15, 0.2) is 41.4 Å². The predicted octanol–water partition coefficient (Wildman–Crippen LogP) is 4.91. The summed E-state index contributed by atoms with van der Waals surface area (Å²) in [4.78, 5) is 20.0. The Morgan fingerprint density at radius 2 is 1.89 bits per heavy atom. The number of hydrogen-bond donors (Lipinski definition) is 1. The first-order valence-corrected chi connectivity index (χ1v) is 15.3.